The molecule has 1 atom stereocenters. The third-order valence-electron chi connectivity index (χ3n) is 1.70. The Bertz CT molecular complexity index is 467. The number of hydrogen-bond donors (Lipinski definition) is 0. The first-order valence-corrected chi connectivity index (χ1v) is 3.95. The lowest BCUT2D eigenvalue weighted by atomic mass is 10.2. The molecule has 0 bridgehead atoms. The van der Waals surface area contributed by atoms with Gasteiger partial charge in [0.05, 0.1) is 29.0 Å². The molecule has 0 radical (unpaired) electrons. The molecular formula is C8H6N3P. The van der Waals surface area contributed by atoms with E-state index in [9.17, 15) is 0 Å². The van der Waals surface area contributed by atoms with E-state index in [0.29, 0.717) is 5.56 Å². The zero-order chi connectivity index (χ0) is 8.55. The van der Waals surface area contributed by atoms with E-state index in [0.717, 1.165) is 11.0 Å². The number of rotatable bonds is 0. The van der Waals surface area contributed by atoms with Crippen molar-refractivity contribution in [3.8, 4) is 6.07 Å². The monoisotopic (exact) mass is 175 g/mol. The molecule has 0 fully saturated rings. The van der Waals surface area contributed by atoms with Crippen LogP contribution in [0, 0.1) is 11.3 Å². The van der Waals surface area contributed by atoms with E-state index in [1.807, 2.05) is 10.4 Å². The Morgan fingerprint density at radius 2 is 2.33 bits per heavy atom. The number of benzene rings is 1. The van der Waals surface area contributed by atoms with Crippen molar-refractivity contribution in [2.45, 2.75) is 0 Å². The average Bonchev–Trinajstić information content (AvgIpc) is 2.47. The first kappa shape index (κ1) is 7.27. The molecule has 58 valence electrons. The average molecular weight is 175 g/mol. The molecule has 0 saturated carbocycles. The normalized spacial score (nSPS) is 10.0. The second-order valence-electron chi connectivity index (χ2n) is 2.47. The molecule has 4 heteroatoms. The molecule has 0 saturated heterocycles. The highest BCUT2D eigenvalue weighted by Crippen LogP contribution is 2.15. The molecule has 12 heavy (non-hydrogen) atoms. The molecule has 0 aliphatic rings. The topological polar surface area (TPSA) is 41.6 Å². The lowest BCUT2D eigenvalue weighted by Crippen LogP contribution is -1.76. The van der Waals surface area contributed by atoms with Gasteiger partial charge in [-0.15, -0.1) is 0 Å². The van der Waals surface area contributed by atoms with E-state index >= 15 is 0 Å². The third-order valence-corrected chi connectivity index (χ3v) is 2.12. The number of nitrogens with zero attached hydrogens (tertiary/aromatic N) is 3. The Balaban J connectivity index is 2.80. The first-order chi connectivity index (χ1) is 5.81. The molecule has 1 heterocycles. The van der Waals surface area contributed by atoms with E-state index in [-0.39, 0.29) is 0 Å². The zero-order valence-corrected chi connectivity index (χ0v) is 7.38. The summed E-state index contributed by atoms with van der Waals surface area (Å²) < 4.78 is 1.84. The summed E-state index contributed by atoms with van der Waals surface area (Å²) in [6.07, 6.45) is 1.70. The van der Waals surface area contributed by atoms with Crippen LogP contribution in [0.2, 0.25) is 0 Å². The second kappa shape index (κ2) is 2.58. The predicted molar refractivity (Wildman–Crippen MR) is 49.6 cm³/mol. The van der Waals surface area contributed by atoms with Gasteiger partial charge in [0.15, 0.2) is 0 Å². The largest absolute Gasteiger partial charge is 0.315 e. The Morgan fingerprint density at radius 3 is 3.08 bits per heavy atom. The third kappa shape index (κ3) is 0.975. The van der Waals surface area contributed by atoms with Crippen molar-refractivity contribution in [1.29, 1.82) is 5.26 Å². The van der Waals surface area contributed by atoms with Gasteiger partial charge >= 0.3 is 0 Å². The van der Waals surface area contributed by atoms with Crippen LogP contribution in [0.3, 0.4) is 0 Å². The molecule has 0 aliphatic carbocycles. The zero-order valence-electron chi connectivity index (χ0n) is 6.23. The van der Waals surface area contributed by atoms with Gasteiger partial charge in [0.25, 0.3) is 0 Å². The summed E-state index contributed by atoms with van der Waals surface area (Å²) in [4.78, 5) is 4.12. The lowest BCUT2D eigenvalue weighted by Gasteiger charge is -1.92. The van der Waals surface area contributed by atoms with Gasteiger partial charge in [-0.2, -0.15) is 5.26 Å². The molecule has 0 spiro atoms. The fourth-order valence-electron chi connectivity index (χ4n) is 1.10. The SMILES string of the molecule is N#Cc1ccc2c(c1)ncn2P. The minimum Gasteiger partial charge on any atom is -0.315 e. The molecule has 0 N–H and O–H groups in total. The van der Waals surface area contributed by atoms with E-state index in [1.165, 1.54) is 0 Å². The van der Waals surface area contributed by atoms with E-state index < -0.39 is 0 Å². The second-order valence-corrected chi connectivity index (χ2v) is 3.02. The predicted octanol–water partition coefficient (Wildman–Crippen LogP) is 1.55. The number of imidazole rings is 1. The van der Waals surface area contributed by atoms with Crippen molar-refractivity contribution in [2.75, 3.05) is 0 Å². The van der Waals surface area contributed by atoms with Crippen LogP contribution in [0.5, 0.6) is 0 Å². The quantitative estimate of drug-likeness (QED) is 0.570. The van der Waals surface area contributed by atoms with Gasteiger partial charge in [0, 0.05) is 0 Å². The van der Waals surface area contributed by atoms with Crippen molar-refractivity contribution >= 4 is 20.4 Å². The summed E-state index contributed by atoms with van der Waals surface area (Å²) >= 11 is 0. The Kier molecular flexibility index (Phi) is 1.56. The van der Waals surface area contributed by atoms with Crippen LogP contribution in [0.1, 0.15) is 5.56 Å². The molecule has 0 amide bonds. The van der Waals surface area contributed by atoms with Crippen LogP contribution >= 0.6 is 9.39 Å². The van der Waals surface area contributed by atoms with Crippen molar-refractivity contribution in [2.24, 2.45) is 0 Å². The van der Waals surface area contributed by atoms with Crippen LogP contribution < -0.4 is 0 Å². The van der Waals surface area contributed by atoms with Crippen LogP contribution in [-0.2, 0) is 0 Å². The Hall–Kier alpha value is -1.39. The van der Waals surface area contributed by atoms with Gasteiger partial charge in [-0.05, 0) is 27.6 Å². The molecule has 0 aliphatic heterocycles. The highest BCUT2D eigenvalue weighted by molar-refractivity contribution is 7.14. The lowest BCUT2D eigenvalue weighted by molar-refractivity contribution is 1.27. The maximum Gasteiger partial charge on any atom is 0.0992 e. The number of nitriles is 1. The van der Waals surface area contributed by atoms with E-state index in [1.54, 1.807) is 18.5 Å². The number of fused-ring (bicyclic) bond motifs is 1. The molecule has 3 nitrogen and oxygen atoms in total. The van der Waals surface area contributed by atoms with Gasteiger partial charge < -0.3 is 4.34 Å². The van der Waals surface area contributed by atoms with E-state index in [2.05, 4.69) is 20.4 Å². The van der Waals surface area contributed by atoms with Gasteiger partial charge in [0.2, 0.25) is 0 Å². The summed E-state index contributed by atoms with van der Waals surface area (Å²) in [6.45, 7) is 0. The maximum absolute atomic E-state index is 8.61. The molecule has 2 aromatic rings. The van der Waals surface area contributed by atoms with Gasteiger partial charge in [-0.25, -0.2) is 4.98 Å². The molecule has 1 aromatic carbocycles. The molecule has 1 aromatic heterocycles. The Morgan fingerprint density at radius 1 is 1.50 bits per heavy atom. The summed E-state index contributed by atoms with van der Waals surface area (Å²) in [5.74, 6) is 0. The van der Waals surface area contributed by atoms with Crippen molar-refractivity contribution in [1.82, 2.24) is 9.32 Å². The van der Waals surface area contributed by atoms with Crippen LogP contribution in [0.25, 0.3) is 11.0 Å². The maximum atomic E-state index is 8.61. The van der Waals surface area contributed by atoms with Gasteiger partial charge in [0.1, 0.15) is 0 Å². The van der Waals surface area contributed by atoms with Crippen molar-refractivity contribution in [3.63, 3.8) is 0 Å². The fraction of sp³-hybridized carbons (Fsp3) is 0. The Labute approximate surface area is 71.9 Å². The summed E-state index contributed by atoms with van der Waals surface area (Å²) in [5, 5.41) is 8.61. The number of aromatic nitrogens is 2. The highest BCUT2D eigenvalue weighted by Gasteiger charge is 1.99. The molecular weight excluding hydrogens is 169 g/mol. The van der Waals surface area contributed by atoms with Crippen molar-refractivity contribution in [3.05, 3.63) is 30.1 Å². The van der Waals surface area contributed by atoms with Crippen LogP contribution in [0.4, 0.5) is 0 Å². The molecule has 1 unspecified atom stereocenters. The minimum atomic E-state index is 0.645. The smallest absolute Gasteiger partial charge is 0.0992 e. The van der Waals surface area contributed by atoms with Gasteiger partial charge in [-0.1, -0.05) is 0 Å². The minimum absolute atomic E-state index is 0.645. The first-order valence-electron chi connectivity index (χ1n) is 3.43. The fourth-order valence-corrected chi connectivity index (χ4v) is 1.39. The number of hydrogen-bond acceptors (Lipinski definition) is 2. The standard InChI is InChI=1S/C8H6N3P/c9-4-6-1-2-8-7(3-6)10-5-11(8)12/h1-3,5H,12H2. The summed E-state index contributed by atoms with van der Waals surface area (Å²) in [6, 6.07) is 7.51. The van der Waals surface area contributed by atoms with Crippen molar-refractivity contribution < 1.29 is 0 Å². The van der Waals surface area contributed by atoms with Gasteiger partial charge in [-0.3, -0.25) is 0 Å². The van der Waals surface area contributed by atoms with Crippen LogP contribution in [-0.4, -0.2) is 9.32 Å². The summed E-state index contributed by atoms with van der Waals surface area (Å²) in [5.41, 5.74) is 2.51. The highest BCUT2D eigenvalue weighted by atomic mass is 31.0. The van der Waals surface area contributed by atoms with Crippen LogP contribution in [0.15, 0.2) is 24.5 Å². The summed E-state index contributed by atoms with van der Waals surface area (Å²) in [7, 11) is 2.53. The van der Waals surface area contributed by atoms with E-state index in [4.69, 9.17) is 5.26 Å². The molecule has 2 rings (SSSR count).